The van der Waals surface area contributed by atoms with Crippen LogP contribution in [-0.4, -0.2) is 37.3 Å². The minimum atomic E-state index is -0.552. The van der Waals surface area contributed by atoms with Crippen molar-refractivity contribution < 1.29 is 9.47 Å². The molecule has 4 aromatic rings. The van der Waals surface area contributed by atoms with Crippen LogP contribution in [0.2, 0.25) is 0 Å². The molecule has 0 amide bonds. The molecule has 1 fully saturated rings. The molecule has 5 heteroatoms. The highest BCUT2D eigenvalue weighted by atomic mass is 79.9. The van der Waals surface area contributed by atoms with Crippen molar-refractivity contribution in [2.24, 2.45) is 0 Å². The Bertz CT molecular complexity index is 1240. The van der Waals surface area contributed by atoms with E-state index in [0.29, 0.717) is 12.6 Å². The van der Waals surface area contributed by atoms with Crippen molar-refractivity contribution in [2.75, 3.05) is 27.4 Å². The van der Waals surface area contributed by atoms with Crippen molar-refractivity contribution in [3.05, 3.63) is 106 Å². The van der Waals surface area contributed by atoms with Gasteiger partial charge in [0.05, 0.1) is 12.6 Å². The second-order valence-electron chi connectivity index (χ2n) is 8.63. The maximum atomic E-state index is 6.80. The molecule has 1 saturated heterocycles. The summed E-state index contributed by atoms with van der Waals surface area (Å²) in [7, 11) is 3.80. The van der Waals surface area contributed by atoms with E-state index in [0.717, 1.165) is 33.9 Å². The first-order valence-corrected chi connectivity index (χ1v) is 12.0. The van der Waals surface area contributed by atoms with E-state index < -0.39 is 5.60 Å². The summed E-state index contributed by atoms with van der Waals surface area (Å²) in [5.74, 6) is 0.539. The van der Waals surface area contributed by atoms with E-state index in [1.54, 1.807) is 7.11 Å². The molecule has 0 saturated carbocycles. The molecule has 33 heavy (non-hydrogen) atoms. The molecule has 3 aromatic carbocycles. The molecule has 168 valence electrons. The molecular formula is C28H27BrN2O2. The zero-order chi connectivity index (χ0) is 22.8. The van der Waals surface area contributed by atoms with Crippen LogP contribution >= 0.6 is 15.9 Å². The summed E-state index contributed by atoms with van der Waals surface area (Å²) < 4.78 is 13.7. The number of aromatic nitrogens is 1. The van der Waals surface area contributed by atoms with Crippen LogP contribution < -0.4 is 4.74 Å². The van der Waals surface area contributed by atoms with Gasteiger partial charge in [0.15, 0.2) is 0 Å². The third kappa shape index (κ3) is 4.17. The molecule has 2 heterocycles. The van der Waals surface area contributed by atoms with Gasteiger partial charge in [0.1, 0.15) is 12.3 Å². The molecular weight excluding hydrogens is 476 g/mol. The number of benzene rings is 3. The SMILES string of the molecule is COc1nc2ccc(Br)cc2cc1[C@H](c1ccccc1)C1(c2ccccc2)CCN(C)CO1. The van der Waals surface area contributed by atoms with Gasteiger partial charge < -0.3 is 9.47 Å². The summed E-state index contributed by atoms with van der Waals surface area (Å²) in [5.41, 5.74) is 3.74. The number of hydrogen-bond acceptors (Lipinski definition) is 4. The molecule has 0 bridgehead atoms. The molecule has 0 spiro atoms. The van der Waals surface area contributed by atoms with E-state index in [4.69, 9.17) is 14.5 Å². The molecule has 0 aliphatic carbocycles. The van der Waals surface area contributed by atoms with Gasteiger partial charge >= 0.3 is 0 Å². The fourth-order valence-corrected chi connectivity index (χ4v) is 5.30. The van der Waals surface area contributed by atoms with Crippen LogP contribution in [0.25, 0.3) is 10.9 Å². The minimum Gasteiger partial charge on any atom is -0.481 e. The fourth-order valence-electron chi connectivity index (χ4n) is 4.92. The number of nitrogens with zero attached hydrogens (tertiary/aromatic N) is 2. The summed E-state index contributed by atoms with van der Waals surface area (Å²) in [6.07, 6.45) is 0.854. The van der Waals surface area contributed by atoms with E-state index in [-0.39, 0.29) is 5.92 Å². The van der Waals surface area contributed by atoms with Gasteiger partial charge in [0.25, 0.3) is 0 Å². The van der Waals surface area contributed by atoms with Crippen LogP contribution in [0.5, 0.6) is 5.88 Å². The van der Waals surface area contributed by atoms with Crippen LogP contribution in [0.15, 0.2) is 89.4 Å². The second kappa shape index (κ2) is 9.26. The largest absolute Gasteiger partial charge is 0.481 e. The highest BCUT2D eigenvalue weighted by Crippen LogP contribution is 2.50. The number of fused-ring (bicyclic) bond motifs is 1. The first-order chi connectivity index (χ1) is 16.1. The predicted octanol–water partition coefficient (Wildman–Crippen LogP) is 6.34. The molecule has 4 nitrogen and oxygen atoms in total. The van der Waals surface area contributed by atoms with E-state index in [2.05, 4.69) is 101 Å². The van der Waals surface area contributed by atoms with Crippen molar-refractivity contribution in [1.29, 1.82) is 0 Å². The fraction of sp³-hybridized carbons (Fsp3) is 0.250. The smallest absolute Gasteiger partial charge is 0.217 e. The summed E-state index contributed by atoms with van der Waals surface area (Å²) in [4.78, 5) is 7.13. The van der Waals surface area contributed by atoms with E-state index >= 15 is 0 Å². The first kappa shape index (κ1) is 22.1. The number of rotatable bonds is 5. The predicted molar refractivity (Wildman–Crippen MR) is 136 cm³/mol. The Morgan fingerprint density at radius 2 is 1.73 bits per heavy atom. The van der Waals surface area contributed by atoms with Crippen molar-refractivity contribution >= 4 is 26.8 Å². The topological polar surface area (TPSA) is 34.6 Å². The molecule has 5 rings (SSSR count). The van der Waals surface area contributed by atoms with Crippen LogP contribution in [-0.2, 0) is 10.3 Å². The third-order valence-electron chi connectivity index (χ3n) is 6.54. The highest BCUT2D eigenvalue weighted by molar-refractivity contribution is 9.10. The number of hydrogen-bond donors (Lipinski definition) is 0. The third-order valence-corrected chi connectivity index (χ3v) is 7.04. The molecule has 1 aliphatic heterocycles. The molecule has 0 radical (unpaired) electrons. The van der Waals surface area contributed by atoms with E-state index in [1.807, 2.05) is 12.1 Å². The van der Waals surface area contributed by atoms with E-state index in [1.165, 1.54) is 11.1 Å². The highest BCUT2D eigenvalue weighted by Gasteiger charge is 2.46. The lowest BCUT2D eigenvalue weighted by molar-refractivity contribution is -0.145. The van der Waals surface area contributed by atoms with Crippen molar-refractivity contribution in [1.82, 2.24) is 9.88 Å². The van der Waals surface area contributed by atoms with Crippen LogP contribution in [0.3, 0.4) is 0 Å². The van der Waals surface area contributed by atoms with Crippen molar-refractivity contribution in [3.63, 3.8) is 0 Å². The molecule has 0 N–H and O–H groups in total. The van der Waals surface area contributed by atoms with Gasteiger partial charge in [-0.2, -0.15) is 0 Å². The average molecular weight is 503 g/mol. The lowest BCUT2D eigenvalue weighted by Crippen LogP contribution is -2.47. The summed E-state index contributed by atoms with van der Waals surface area (Å²) >= 11 is 3.62. The monoisotopic (exact) mass is 502 g/mol. The van der Waals surface area contributed by atoms with E-state index in [9.17, 15) is 0 Å². The summed E-state index contributed by atoms with van der Waals surface area (Å²) in [6.45, 7) is 1.50. The Labute approximate surface area is 203 Å². The lowest BCUT2D eigenvalue weighted by Gasteiger charge is -2.46. The molecule has 2 atom stereocenters. The van der Waals surface area contributed by atoms with Crippen LogP contribution in [0, 0.1) is 0 Å². The maximum absolute atomic E-state index is 6.80. The van der Waals surface area contributed by atoms with Gasteiger partial charge in [-0.3, -0.25) is 4.90 Å². The van der Waals surface area contributed by atoms with Gasteiger partial charge in [-0.25, -0.2) is 4.98 Å². The Hall–Kier alpha value is -2.73. The second-order valence-corrected chi connectivity index (χ2v) is 9.54. The molecule has 1 aromatic heterocycles. The lowest BCUT2D eigenvalue weighted by atomic mass is 9.71. The summed E-state index contributed by atoms with van der Waals surface area (Å²) in [5, 5.41) is 1.07. The Morgan fingerprint density at radius 1 is 1.00 bits per heavy atom. The van der Waals surface area contributed by atoms with Gasteiger partial charge in [0, 0.05) is 27.9 Å². The van der Waals surface area contributed by atoms with Crippen LogP contribution in [0.4, 0.5) is 0 Å². The summed E-state index contributed by atoms with van der Waals surface area (Å²) in [6, 6.07) is 29.5. The Kier molecular flexibility index (Phi) is 6.19. The Morgan fingerprint density at radius 3 is 2.39 bits per heavy atom. The van der Waals surface area contributed by atoms with Gasteiger partial charge in [-0.05, 0) is 48.9 Å². The van der Waals surface area contributed by atoms with Gasteiger partial charge in [0.2, 0.25) is 5.88 Å². The van der Waals surface area contributed by atoms with Crippen LogP contribution in [0.1, 0.15) is 29.0 Å². The van der Waals surface area contributed by atoms with Crippen molar-refractivity contribution in [2.45, 2.75) is 17.9 Å². The number of methoxy groups -OCH3 is 1. The maximum Gasteiger partial charge on any atom is 0.217 e. The number of halogens is 1. The first-order valence-electron chi connectivity index (χ1n) is 11.2. The Balaban J connectivity index is 1.80. The normalized spacial score (nSPS) is 20.0. The van der Waals surface area contributed by atoms with Gasteiger partial charge in [-0.15, -0.1) is 0 Å². The quantitative estimate of drug-likeness (QED) is 0.318. The zero-order valence-electron chi connectivity index (χ0n) is 18.9. The number of pyridine rings is 1. The van der Waals surface area contributed by atoms with Gasteiger partial charge in [-0.1, -0.05) is 76.6 Å². The van der Waals surface area contributed by atoms with Crippen molar-refractivity contribution in [3.8, 4) is 5.88 Å². The average Bonchev–Trinajstić information content (AvgIpc) is 2.86. The standard InChI is InChI=1S/C28H27BrN2O2/c1-31-16-15-28(33-19-31,22-11-7-4-8-12-22)26(20-9-5-3-6-10-20)24-18-21-17-23(29)13-14-25(21)30-27(24)32-2/h3-14,17-18,26H,15-16,19H2,1-2H3/t26-,28?/m0/s1. The minimum absolute atomic E-state index is 0.0966. The number of ether oxygens (including phenoxy) is 2. The zero-order valence-corrected chi connectivity index (χ0v) is 20.5. The molecule has 1 aliphatic rings. The molecule has 1 unspecified atom stereocenters.